The number of hydrogen-bond acceptors (Lipinski definition) is 5. The number of aromatic nitrogens is 1. The Morgan fingerprint density at radius 1 is 1.10 bits per heavy atom. The molecule has 0 saturated carbocycles. The van der Waals surface area contributed by atoms with Crippen molar-refractivity contribution in [2.45, 2.75) is 19.8 Å². The van der Waals surface area contributed by atoms with E-state index in [-0.39, 0.29) is 24.2 Å². The summed E-state index contributed by atoms with van der Waals surface area (Å²) in [7, 11) is 0. The number of nitrogens with one attached hydrogen (secondary N) is 2. The van der Waals surface area contributed by atoms with E-state index in [1.54, 1.807) is 6.07 Å². The van der Waals surface area contributed by atoms with E-state index in [1.807, 2.05) is 36.6 Å². The molecule has 6 nitrogen and oxygen atoms in total. The molecule has 2 aromatic carbocycles. The van der Waals surface area contributed by atoms with E-state index >= 15 is 0 Å². The highest BCUT2D eigenvalue weighted by Crippen LogP contribution is 2.26. The Hall–Kier alpha value is -3.26. The molecule has 0 aliphatic carbocycles. The van der Waals surface area contributed by atoms with Crippen LogP contribution in [0, 0.1) is 5.82 Å². The van der Waals surface area contributed by atoms with Gasteiger partial charge in [0.15, 0.2) is 11.7 Å². The minimum absolute atomic E-state index is 0.0145. The van der Waals surface area contributed by atoms with E-state index in [9.17, 15) is 14.0 Å². The Bertz CT molecular complexity index is 989. The van der Waals surface area contributed by atoms with Gasteiger partial charge in [-0.25, -0.2) is 9.37 Å². The van der Waals surface area contributed by atoms with E-state index in [4.69, 9.17) is 4.74 Å². The number of rotatable bonds is 8. The van der Waals surface area contributed by atoms with Gasteiger partial charge in [-0.3, -0.25) is 14.9 Å². The summed E-state index contributed by atoms with van der Waals surface area (Å²) in [6, 6.07) is 12.9. The number of anilines is 2. The second-order valence-electron chi connectivity index (χ2n) is 6.21. The summed E-state index contributed by atoms with van der Waals surface area (Å²) in [6.45, 7) is 1.71. The Labute approximate surface area is 171 Å². The van der Waals surface area contributed by atoms with Crippen molar-refractivity contribution in [2.24, 2.45) is 0 Å². The molecule has 29 heavy (non-hydrogen) atoms. The third kappa shape index (κ3) is 6.11. The monoisotopic (exact) mass is 413 g/mol. The van der Waals surface area contributed by atoms with E-state index < -0.39 is 5.82 Å². The molecule has 8 heteroatoms. The number of amides is 2. The average molecular weight is 413 g/mol. The van der Waals surface area contributed by atoms with Gasteiger partial charge in [-0.2, -0.15) is 0 Å². The fourth-order valence-corrected chi connectivity index (χ4v) is 3.24. The maximum atomic E-state index is 13.1. The summed E-state index contributed by atoms with van der Waals surface area (Å²) in [4.78, 5) is 28.1. The SMILES string of the molecule is CCCC(=O)Nc1ccc(-c2csc(NC(=O)COc3cccc(F)c3)n2)cc1. The van der Waals surface area contributed by atoms with Crippen LogP contribution in [0.5, 0.6) is 5.75 Å². The van der Waals surface area contributed by atoms with Gasteiger partial charge in [0.25, 0.3) is 5.91 Å². The van der Waals surface area contributed by atoms with Crippen LogP contribution in [0.25, 0.3) is 11.3 Å². The highest BCUT2D eigenvalue weighted by Gasteiger charge is 2.10. The third-order valence-corrected chi connectivity index (χ3v) is 4.62. The van der Waals surface area contributed by atoms with Crippen molar-refractivity contribution in [1.29, 1.82) is 0 Å². The first-order valence-corrected chi connectivity index (χ1v) is 9.95. The average Bonchev–Trinajstić information content (AvgIpc) is 3.15. The summed E-state index contributed by atoms with van der Waals surface area (Å²) in [6.07, 6.45) is 1.28. The van der Waals surface area contributed by atoms with Crippen LogP contribution in [0.3, 0.4) is 0 Å². The highest BCUT2D eigenvalue weighted by atomic mass is 32.1. The summed E-state index contributed by atoms with van der Waals surface area (Å²) in [5.41, 5.74) is 2.31. The predicted molar refractivity (Wildman–Crippen MR) is 112 cm³/mol. The molecule has 150 valence electrons. The zero-order valence-electron chi connectivity index (χ0n) is 15.8. The molecule has 2 amide bonds. The summed E-state index contributed by atoms with van der Waals surface area (Å²) < 4.78 is 18.4. The Balaban J connectivity index is 1.54. The van der Waals surface area contributed by atoms with Crippen molar-refractivity contribution in [1.82, 2.24) is 4.98 Å². The molecule has 1 heterocycles. The van der Waals surface area contributed by atoms with Crippen LogP contribution in [0.4, 0.5) is 15.2 Å². The van der Waals surface area contributed by atoms with Gasteiger partial charge < -0.3 is 10.1 Å². The Morgan fingerprint density at radius 2 is 1.90 bits per heavy atom. The van der Waals surface area contributed by atoms with E-state index in [0.29, 0.717) is 17.2 Å². The molecule has 0 bridgehead atoms. The molecule has 3 aromatic rings. The van der Waals surface area contributed by atoms with Crippen molar-refractivity contribution >= 4 is 34.0 Å². The molecule has 0 radical (unpaired) electrons. The summed E-state index contributed by atoms with van der Waals surface area (Å²) in [5.74, 6) is -0.543. The van der Waals surface area contributed by atoms with Crippen LogP contribution in [0.15, 0.2) is 53.9 Å². The number of nitrogens with zero attached hydrogens (tertiary/aromatic N) is 1. The fraction of sp³-hybridized carbons (Fsp3) is 0.190. The van der Waals surface area contributed by atoms with Crippen LogP contribution in [-0.4, -0.2) is 23.4 Å². The quantitative estimate of drug-likeness (QED) is 0.561. The first-order valence-electron chi connectivity index (χ1n) is 9.07. The topological polar surface area (TPSA) is 80.3 Å². The zero-order valence-corrected chi connectivity index (χ0v) is 16.6. The molecule has 0 saturated heterocycles. The molecule has 0 unspecified atom stereocenters. The van der Waals surface area contributed by atoms with Crippen LogP contribution in [0.1, 0.15) is 19.8 Å². The lowest BCUT2D eigenvalue weighted by molar-refractivity contribution is -0.118. The zero-order chi connectivity index (χ0) is 20.6. The molecule has 0 aliphatic heterocycles. The summed E-state index contributed by atoms with van der Waals surface area (Å²) in [5, 5.41) is 7.76. The lowest BCUT2D eigenvalue weighted by atomic mass is 10.1. The van der Waals surface area contributed by atoms with Gasteiger partial charge >= 0.3 is 0 Å². The van der Waals surface area contributed by atoms with E-state index in [0.717, 1.165) is 17.7 Å². The van der Waals surface area contributed by atoms with Crippen LogP contribution in [0.2, 0.25) is 0 Å². The highest BCUT2D eigenvalue weighted by molar-refractivity contribution is 7.14. The number of carbonyl (C=O) groups is 2. The number of carbonyl (C=O) groups excluding carboxylic acids is 2. The molecule has 3 rings (SSSR count). The number of benzene rings is 2. The van der Waals surface area contributed by atoms with Crippen LogP contribution in [-0.2, 0) is 9.59 Å². The molecule has 0 aliphatic rings. The van der Waals surface area contributed by atoms with Gasteiger partial charge in [-0.1, -0.05) is 25.1 Å². The standard InChI is InChI=1S/C21H20FN3O3S/c1-2-4-19(26)23-16-9-7-14(8-10-16)18-13-29-21(24-18)25-20(27)12-28-17-6-3-5-15(22)11-17/h3,5-11,13H,2,4,12H2,1H3,(H,23,26)(H,24,25,27). The van der Waals surface area contributed by atoms with Gasteiger partial charge in [-0.15, -0.1) is 11.3 Å². The molecule has 0 fully saturated rings. The number of hydrogen-bond donors (Lipinski definition) is 2. The second-order valence-corrected chi connectivity index (χ2v) is 7.07. The smallest absolute Gasteiger partial charge is 0.264 e. The van der Waals surface area contributed by atoms with E-state index in [2.05, 4.69) is 15.6 Å². The largest absolute Gasteiger partial charge is 0.484 e. The van der Waals surface area contributed by atoms with E-state index in [1.165, 1.54) is 29.5 Å². The maximum absolute atomic E-state index is 13.1. The molecular formula is C21H20FN3O3S. The maximum Gasteiger partial charge on any atom is 0.264 e. The lowest BCUT2D eigenvalue weighted by Gasteiger charge is -2.06. The lowest BCUT2D eigenvalue weighted by Crippen LogP contribution is -2.20. The van der Waals surface area contributed by atoms with Crippen molar-refractivity contribution in [3.8, 4) is 17.0 Å². The minimum Gasteiger partial charge on any atom is -0.484 e. The number of halogens is 1. The van der Waals surface area contributed by atoms with Gasteiger partial charge in [0.05, 0.1) is 5.69 Å². The van der Waals surface area contributed by atoms with Crippen LogP contribution < -0.4 is 15.4 Å². The van der Waals surface area contributed by atoms with Gasteiger partial charge in [-0.05, 0) is 30.7 Å². The first kappa shape index (κ1) is 20.5. The van der Waals surface area contributed by atoms with Gasteiger partial charge in [0, 0.05) is 29.1 Å². The van der Waals surface area contributed by atoms with Gasteiger partial charge in [0.2, 0.25) is 5.91 Å². The predicted octanol–water partition coefficient (Wildman–Crippen LogP) is 4.71. The number of ether oxygens (including phenoxy) is 1. The van der Waals surface area contributed by atoms with Crippen molar-refractivity contribution in [3.05, 3.63) is 59.7 Å². The Kier molecular flexibility index (Phi) is 6.91. The summed E-state index contributed by atoms with van der Waals surface area (Å²) >= 11 is 1.29. The van der Waals surface area contributed by atoms with Crippen molar-refractivity contribution in [2.75, 3.05) is 17.2 Å². The van der Waals surface area contributed by atoms with Gasteiger partial charge in [0.1, 0.15) is 11.6 Å². The molecule has 0 atom stereocenters. The molecule has 1 aromatic heterocycles. The van der Waals surface area contributed by atoms with Crippen molar-refractivity contribution < 1.29 is 18.7 Å². The minimum atomic E-state index is -0.427. The normalized spacial score (nSPS) is 10.4. The molecule has 0 spiro atoms. The van der Waals surface area contributed by atoms with Crippen molar-refractivity contribution in [3.63, 3.8) is 0 Å². The first-order chi connectivity index (χ1) is 14.0. The van der Waals surface area contributed by atoms with Crippen LogP contribution >= 0.6 is 11.3 Å². The third-order valence-electron chi connectivity index (χ3n) is 3.86. The molecule has 2 N–H and O–H groups in total. The Morgan fingerprint density at radius 3 is 2.62 bits per heavy atom. The number of thiazole rings is 1. The second kappa shape index (κ2) is 9.79. The fourth-order valence-electron chi connectivity index (χ4n) is 2.50. The molecular weight excluding hydrogens is 393 g/mol.